The molecule has 4 atom stereocenters. The van der Waals surface area contributed by atoms with Gasteiger partial charge in [0.15, 0.2) is 0 Å². The molecule has 2 rings (SSSR count). The van der Waals surface area contributed by atoms with Crippen LogP contribution in [0.25, 0.3) is 0 Å². The lowest BCUT2D eigenvalue weighted by atomic mass is 9.46. The standard InChI is InChI=1S/C15H27N3O3/c1-5-17-12(19)9(2)18-13(20)15(16)10-7-6-8-21-11(10)14(15,3)4/h9-11H,5-8,16H2,1-4H3,(H,17,19)(H,18,20). The van der Waals surface area contributed by atoms with Gasteiger partial charge in [-0.2, -0.15) is 0 Å². The molecule has 0 bridgehead atoms. The van der Waals surface area contributed by atoms with Crippen LogP contribution < -0.4 is 16.4 Å². The Hall–Kier alpha value is -1.14. The van der Waals surface area contributed by atoms with Gasteiger partial charge in [0.2, 0.25) is 11.8 Å². The van der Waals surface area contributed by atoms with Gasteiger partial charge in [-0.05, 0) is 26.7 Å². The monoisotopic (exact) mass is 297 g/mol. The lowest BCUT2D eigenvalue weighted by Crippen LogP contribution is -2.82. The van der Waals surface area contributed by atoms with E-state index >= 15 is 0 Å². The molecular weight excluding hydrogens is 270 g/mol. The van der Waals surface area contributed by atoms with Gasteiger partial charge >= 0.3 is 0 Å². The molecule has 2 aliphatic rings. The van der Waals surface area contributed by atoms with E-state index in [-0.39, 0.29) is 23.8 Å². The molecule has 1 aliphatic carbocycles. The Morgan fingerprint density at radius 3 is 2.71 bits per heavy atom. The summed E-state index contributed by atoms with van der Waals surface area (Å²) in [5, 5.41) is 5.46. The van der Waals surface area contributed by atoms with E-state index in [1.807, 2.05) is 20.8 Å². The van der Waals surface area contributed by atoms with Gasteiger partial charge in [0.05, 0.1) is 6.10 Å². The lowest BCUT2D eigenvalue weighted by Gasteiger charge is -2.65. The Morgan fingerprint density at radius 2 is 2.10 bits per heavy atom. The highest BCUT2D eigenvalue weighted by atomic mass is 16.5. The Bertz CT molecular complexity index is 438. The number of amides is 2. The lowest BCUT2D eigenvalue weighted by molar-refractivity contribution is -0.225. The normalized spacial score (nSPS) is 35.1. The zero-order valence-electron chi connectivity index (χ0n) is 13.4. The SMILES string of the molecule is CCNC(=O)C(C)NC(=O)C1(N)C2CCCOC2C1(C)C. The Balaban J connectivity index is 2.08. The molecule has 1 heterocycles. The fourth-order valence-electron chi connectivity index (χ4n) is 3.75. The molecule has 0 aromatic heterocycles. The third kappa shape index (κ3) is 2.34. The van der Waals surface area contributed by atoms with Crippen molar-refractivity contribution in [3.63, 3.8) is 0 Å². The molecule has 2 amide bonds. The number of likely N-dealkylation sites (N-methyl/N-ethyl adjacent to an activating group) is 1. The molecule has 4 unspecified atom stereocenters. The van der Waals surface area contributed by atoms with Crippen LogP contribution in [0.2, 0.25) is 0 Å². The van der Waals surface area contributed by atoms with Gasteiger partial charge in [-0.15, -0.1) is 0 Å². The van der Waals surface area contributed by atoms with E-state index in [1.54, 1.807) is 6.92 Å². The second-order valence-electron chi connectivity index (χ2n) is 6.72. The van der Waals surface area contributed by atoms with Gasteiger partial charge in [-0.1, -0.05) is 13.8 Å². The fraction of sp³-hybridized carbons (Fsp3) is 0.867. The number of nitrogens with two attached hydrogens (primary N) is 1. The first-order valence-corrected chi connectivity index (χ1v) is 7.76. The fourth-order valence-corrected chi connectivity index (χ4v) is 3.75. The van der Waals surface area contributed by atoms with Crippen molar-refractivity contribution < 1.29 is 14.3 Å². The maximum Gasteiger partial charge on any atom is 0.242 e. The van der Waals surface area contributed by atoms with Gasteiger partial charge in [-0.25, -0.2) is 0 Å². The first-order valence-electron chi connectivity index (χ1n) is 7.76. The summed E-state index contributed by atoms with van der Waals surface area (Å²) in [6.45, 7) is 8.72. The predicted octanol–water partition coefficient (Wildman–Crippen LogP) is 0.160. The van der Waals surface area contributed by atoms with Crippen LogP contribution in [0.4, 0.5) is 0 Å². The summed E-state index contributed by atoms with van der Waals surface area (Å²) in [5.41, 5.74) is 5.08. The van der Waals surface area contributed by atoms with E-state index in [0.29, 0.717) is 6.54 Å². The van der Waals surface area contributed by atoms with Crippen molar-refractivity contribution >= 4 is 11.8 Å². The van der Waals surface area contributed by atoms with Crippen molar-refractivity contribution in [2.75, 3.05) is 13.2 Å². The number of ether oxygens (including phenoxy) is 1. The number of rotatable bonds is 4. The van der Waals surface area contributed by atoms with E-state index in [9.17, 15) is 9.59 Å². The van der Waals surface area contributed by atoms with Crippen LogP contribution in [-0.2, 0) is 14.3 Å². The predicted molar refractivity (Wildman–Crippen MR) is 79.5 cm³/mol. The van der Waals surface area contributed by atoms with Gasteiger partial charge in [0, 0.05) is 24.5 Å². The first-order chi connectivity index (χ1) is 9.76. The molecule has 6 nitrogen and oxygen atoms in total. The van der Waals surface area contributed by atoms with Gasteiger partial charge < -0.3 is 21.1 Å². The van der Waals surface area contributed by atoms with E-state index in [4.69, 9.17) is 10.5 Å². The number of hydrogen-bond donors (Lipinski definition) is 3. The molecule has 0 aromatic carbocycles. The van der Waals surface area contributed by atoms with Crippen LogP contribution in [0.3, 0.4) is 0 Å². The van der Waals surface area contributed by atoms with Gasteiger partial charge in [-0.3, -0.25) is 9.59 Å². The molecule has 2 fully saturated rings. The number of carbonyl (C=O) groups excluding carboxylic acids is 2. The molecule has 120 valence electrons. The minimum absolute atomic E-state index is 0.0294. The van der Waals surface area contributed by atoms with Crippen molar-refractivity contribution in [1.82, 2.24) is 10.6 Å². The maximum atomic E-state index is 12.7. The van der Waals surface area contributed by atoms with Crippen LogP contribution in [0.1, 0.15) is 40.5 Å². The summed E-state index contributed by atoms with van der Waals surface area (Å²) < 4.78 is 5.79. The number of carbonyl (C=O) groups is 2. The molecular formula is C15H27N3O3. The zero-order chi connectivity index (χ0) is 15.8. The van der Waals surface area contributed by atoms with Gasteiger partial charge in [0.25, 0.3) is 0 Å². The molecule has 1 aliphatic heterocycles. The van der Waals surface area contributed by atoms with E-state index < -0.39 is 17.0 Å². The largest absolute Gasteiger partial charge is 0.377 e. The molecule has 0 aromatic rings. The van der Waals surface area contributed by atoms with E-state index in [1.165, 1.54) is 0 Å². The minimum Gasteiger partial charge on any atom is -0.377 e. The summed E-state index contributed by atoms with van der Waals surface area (Å²) in [4.78, 5) is 24.4. The van der Waals surface area contributed by atoms with Crippen molar-refractivity contribution in [3.05, 3.63) is 0 Å². The second-order valence-corrected chi connectivity index (χ2v) is 6.72. The topological polar surface area (TPSA) is 93.5 Å². The molecule has 4 N–H and O–H groups in total. The summed E-state index contributed by atoms with van der Waals surface area (Å²) in [6.07, 6.45) is 1.85. The van der Waals surface area contributed by atoms with Crippen LogP contribution >= 0.6 is 0 Å². The average Bonchev–Trinajstić information content (AvgIpc) is 2.46. The smallest absolute Gasteiger partial charge is 0.242 e. The number of fused-ring (bicyclic) bond motifs is 1. The Kier molecular flexibility index (Phi) is 4.31. The maximum absolute atomic E-state index is 12.7. The number of hydrogen-bond acceptors (Lipinski definition) is 4. The van der Waals surface area contributed by atoms with Crippen LogP contribution in [0.15, 0.2) is 0 Å². The van der Waals surface area contributed by atoms with E-state index in [0.717, 1.165) is 19.4 Å². The van der Waals surface area contributed by atoms with Crippen molar-refractivity contribution in [2.24, 2.45) is 17.1 Å². The highest BCUT2D eigenvalue weighted by Crippen LogP contribution is 2.57. The van der Waals surface area contributed by atoms with Crippen molar-refractivity contribution in [1.29, 1.82) is 0 Å². The molecule has 6 heteroatoms. The van der Waals surface area contributed by atoms with Crippen LogP contribution in [0.5, 0.6) is 0 Å². The second kappa shape index (κ2) is 5.57. The molecule has 1 saturated carbocycles. The Labute approximate surface area is 126 Å². The molecule has 0 spiro atoms. The van der Waals surface area contributed by atoms with Crippen molar-refractivity contribution in [3.8, 4) is 0 Å². The Morgan fingerprint density at radius 1 is 1.43 bits per heavy atom. The van der Waals surface area contributed by atoms with Crippen molar-refractivity contribution in [2.45, 2.75) is 58.2 Å². The zero-order valence-corrected chi connectivity index (χ0v) is 13.4. The third-order valence-corrected chi connectivity index (χ3v) is 5.15. The number of nitrogens with one attached hydrogen (secondary N) is 2. The highest BCUT2D eigenvalue weighted by Gasteiger charge is 2.70. The van der Waals surface area contributed by atoms with E-state index in [2.05, 4.69) is 10.6 Å². The van der Waals surface area contributed by atoms with Crippen LogP contribution in [0, 0.1) is 11.3 Å². The quantitative estimate of drug-likeness (QED) is 0.689. The molecule has 1 saturated heterocycles. The molecule has 21 heavy (non-hydrogen) atoms. The minimum atomic E-state index is -0.973. The van der Waals surface area contributed by atoms with Gasteiger partial charge in [0.1, 0.15) is 11.6 Å². The first kappa shape index (κ1) is 16.2. The highest BCUT2D eigenvalue weighted by molar-refractivity contribution is 5.93. The summed E-state index contributed by atoms with van der Waals surface area (Å²) in [5.74, 6) is -0.413. The summed E-state index contributed by atoms with van der Waals surface area (Å²) in [6, 6.07) is -0.586. The average molecular weight is 297 g/mol. The summed E-state index contributed by atoms with van der Waals surface area (Å²) in [7, 11) is 0. The summed E-state index contributed by atoms with van der Waals surface area (Å²) >= 11 is 0. The third-order valence-electron chi connectivity index (χ3n) is 5.15. The van der Waals surface area contributed by atoms with Crippen LogP contribution in [-0.4, -0.2) is 42.7 Å². The molecule has 0 radical (unpaired) electrons.